The van der Waals surface area contributed by atoms with Gasteiger partial charge in [0.05, 0.1) is 6.33 Å². The largest absolute Gasteiger partial charge is 0.327 e. The van der Waals surface area contributed by atoms with Gasteiger partial charge in [0.15, 0.2) is 6.29 Å². The fourth-order valence-electron chi connectivity index (χ4n) is 1.61. The van der Waals surface area contributed by atoms with E-state index in [2.05, 4.69) is 10.3 Å². The monoisotopic (exact) mass is 243 g/mol. The molecule has 2 aromatic rings. The van der Waals surface area contributed by atoms with Gasteiger partial charge in [-0.15, -0.1) is 0 Å². The van der Waals surface area contributed by atoms with Crippen molar-refractivity contribution in [2.24, 2.45) is 0 Å². The first kappa shape index (κ1) is 12.0. The Bertz CT molecular complexity index is 575. The number of nitrogens with zero attached hydrogens (tertiary/aromatic N) is 2. The van der Waals surface area contributed by atoms with Crippen molar-refractivity contribution in [3.05, 3.63) is 48.0 Å². The van der Waals surface area contributed by atoms with Gasteiger partial charge in [0.1, 0.15) is 12.2 Å². The quantitative estimate of drug-likeness (QED) is 0.830. The Hall–Kier alpha value is -2.43. The van der Waals surface area contributed by atoms with Crippen molar-refractivity contribution in [2.75, 3.05) is 5.32 Å². The van der Waals surface area contributed by atoms with Gasteiger partial charge in [-0.05, 0) is 24.6 Å². The van der Waals surface area contributed by atoms with Crippen molar-refractivity contribution in [3.8, 4) is 0 Å². The number of amides is 1. The molecule has 18 heavy (non-hydrogen) atoms. The van der Waals surface area contributed by atoms with Gasteiger partial charge in [0.2, 0.25) is 5.91 Å². The number of aromatic nitrogens is 2. The third kappa shape index (κ3) is 3.04. The number of hydrogen-bond acceptors (Lipinski definition) is 3. The molecule has 0 aliphatic carbocycles. The lowest BCUT2D eigenvalue weighted by Crippen LogP contribution is -2.17. The molecule has 0 unspecified atom stereocenters. The molecule has 0 aliphatic rings. The molecule has 2 rings (SSSR count). The molecule has 1 amide bonds. The van der Waals surface area contributed by atoms with E-state index >= 15 is 0 Å². The van der Waals surface area contributed by atoms with Crippen LogP contribution < -0.4 is 5.32 Å². The van der Waals surface area contributed by atoms with E-state index in [1.54, 1.807) is 4.57 Å². The standard InChI is InChI=1S/C13H13N3O2/c1-10-3-2-4-11(5-10)15-13(18)7-16-6-12(8-17)14-9-16/h2-6,8-9H,7H2,1H3,(H,15,18). The van der Waals surface area contributed by atoms with Crippen LogP contribution in [0.25, 0.3) is 0 Å². The third-order valence-corrected chi connectivity index (χ3v) is 2.40. The Kier molecular flexibility index (Phi) is 3.52. The number of carbonyl (C=O) groups is 2. The van der Waals surface area contributed by atoms with E-state index in [4.69, 9.17) is 0 Å². The second-order valence-corrected chi connectivity index (χ2v) is 4.01. The van der Waals surface area contributed by atoms with Crippen molar-refractivity contribution in [2.45, 2.75) is 13.5 Å². The summed E-state index contributed by atoms with van der Waals surface area (Å²) in [5.41, 5.74) is 2.16. The maximum absolute atomic E-state index is 11.7. The molecule has 0 fully saturated rings. The van der Waals surface area contributed by atoms with Gasteiger partial charge in [-0.3, -0.25) is 9.59 Å². The van der Waals surface area contributed by atoms with E-state index in [0.29, 0.717) is 12.0 Å². The molecule has 5 heteroatoms. The maximum Gasteiger partial charge on any atom is 0.244 e. The average molecular weight is 243 g/mol. The number of carbonyl (C=O) groups excluding carboxylic acids is 2. The Morgan fingerprint density at radius 2 is 2.33 bits per heavy atom. The SMILES string of the molecule is Cc1cccc(NC(=O)Cn2cnc(C=O)c2)c1. The van der Waals surface area contributed by atoms with E-state index < -0.39 is 0 Å². The first-order valence-electron chi connectivity index (χ1n) is 5.51. The van der Waals surface area contributed by atoms with Crippen molar-refractivity contribution in [3.63, 3.8) is 0 Å². The van der Waals surface area contributed by atoms with E-state index in [1.165, 1.54) is 12.5 Å². The van der Waals surface area contributed by atoms with Gasteiger partial charge in [0, 0.05) is 11.9 Å². The zero-order chi connectivity index (χ0) is 13.0. The molecular formula is C13H13N3O2. The lowest BCUT2D eigenvalue weighted by atomic mass is 10.2. The van der Waals surface area contributed by atoms with E-state index in [1.807, 2.05) is 31.2 Å². The fraction of sp³-hybridized carbons (Fsp3) is 0.154. The van der Waals surface area contributed by atoms with Gasteiger partial charge in [0.25, 0.3) is 0 Å². The van der Waals surface area contributed by atoms with Gasteiger partial charge in [-0.1, -0.05) is 12.1 Å². The minimum Gasteiger partial charge on any atom is -0.327 e. The summed E-state index contributed by atoms with van der Waals surface area (Å²) in [6, 6.07) is 7.56. The molecule has 0 atom stereocenters. The molecule has 5 nitrogen and oxygen atoms in total. The molecule has 92 valence electrons. The third-order valence-electron chi connectivity index (χ3n) is 2.40. The number of hydrogen-bond donors (Lipinski definition) is 1. The molecular weight excluding hydrogens is 230 g/mol. The number of rotatable bonds is 4. The number of imidazole rings is 1. The van der Waals surface area contributed by atoms with Crippen molar-refractivity contribution >= 4 is 17.9 Å². The van der Waals surface area contributed by atoms with Crippen LogP contribution >= 0.6 is 0 Å². The summed E-state index contributed by atoms with van der Waals surface area (Å²) in [6.07, 6.45) is 3.64. The normalized spacial score (nSPS) is 10.1. The number of aldehydes is 1. The number of aryl methyl sites for hydroxylation is 1. The summed E-state index contributed by atoms with van der Waals surface area (Å²) >= 11 is 0. The number of anilines is 1. The molecule has 0 radical (unpaired) electrons. The maximum atomic E-state index is 11.7. The van der Waals surface area contributed by atoms with E-state index in [0.717, 1.165) is 11.3 Å². The molecule has 1 aromatic heterocycles. The molecule has 0 saturated carbocycles. The number of benzene rings is 1. The summed E-state index contributed by atoms with van der Waals surface area (Å²) in [7, 11) is 0. The van der Waals surface area contributed by atoms with Gasteiger partial charge in [-0.25, -0.2) is 4.98 Å². The summed E-state index contributed by atoms with van der Waals surface area (Å²) in [5.74, 6) is -0.157. The molecule has 0 aliphatic heterocycles. The van der Waals surface area contributed by atoms with Gasteiger partial charge >= 0.3 is 0 Å². The molecule has 0 spiro atoms. The summed E-state index contributed by atoms with van der Waals surface area (Å²) < 4.78 is 1.56. The van der Waals surface area contributed by atoms with Crippen molar-refractivity contribution in [1.82, 2.24) is 9.55 Å². The first-order valence-corrected chi connectivity index (χ1v) is 5.51. The highest BCUT2D eigenvalue weighted by atomic mass is 16.2. The second kappa shape index (κ2) is 5.27. The van der Waals surface area contributed by atoms with E-state index in [9.17, 15) is 9.59 Å². The minimum absolute atomic E-state index is 0.134. The van der Waals surface area contributed by atoms with Gasteiger partial charge < -0.3 is 9.88 Å². The summed E-state index contributed by atoms with van der Waals surface area (Å²) in [6.45, 7) is 2.09. The highest BCUT2D eigenvalue weighted by molar-refractivity contribution is 5.90. The van der Waals surface area contributed by atoms with Crippen LogP contribution in [0, 0.1) is 6.92 Å². The van der Waals surface area contributed by atoms with Crippen LogP contribution in [0.3, 0.4) is 0 Å². The topological polar surface area (TPSA) is 64.0 Å². The number of nitrogens with one attached hydrogen (secondary N) is 1. The predicted octanol–water partition coefficient (Wildman–Crippen LogP) is 1.64. The summed E-state index contributed by atoms with van der Waals surface area (Å²) in [5, 5.41) is 2.78. The fourth-order valence-corrected chi connectivity index (χ4v) is 1.61. The van der Waals surface area contributed by atoms with Crippen LogP contribution in [0.5, 0.6) is 0 Å². The molecule has 1 aromatic carbocycles. The van der Waals surface area contributed by atoms with Crippen molar-refractivity contribution in [1.29, 1.82) is 0 Å². The smallest absolute Gasteiger partial charge is 0.244 e. The van der Waals surface area contributed by atoms with Crippen LogP contribution in [0.2, 0.25) is 0 Å². The highest BCUT2D eigenvalue weighted by Crippen LogP contribution is 2.09. The van der Waals surface area contributed by atoms with E-state index in [-0.39, 0.29) is 12.5 Å². The summed E-state index contributed by atoms with van der Waals surface area (Å²) in [4.78, 5) is 26.0. The van der Waals surface area contributed by atoms with Crippen LogP contribution in [0.4, 0.5) is 5.69 Å². The Morgan fingerprint density at radius 1 is 1.50 bits per heavy atom. The molecule has 0 saturated heterocycles. The average Bonchev–Trinajstić information content (AvgIpc) is 2.76. The first-order chi connectivity index (χ1) is 8.67. The Labute approximate surface area is 104 Å². The van der Waals surface area contributed by atoms with Crippen molar-refractivity contribution < 1.29 is 9.59 Å². The lowest BCUT2D eigenvalue weighted by molar-refractivity contribution is -0.116. The minimum atomic E-state index is -0.157. The molecule has 0 bridgehead atoms. The second-order valence-electron chi connectivity index (χ2n) is 4.01. The molecule has 1 heterocycles. The van der Waals surface area contributed by atoms with Crippen LogP contribution in [0.15, 0.2) is 36.8 Å². The van der Waals surface area contributed by atoms with Crippen LogP contribution in [0.1, 0.15) is 16.1 Å². The zero-order valence-electron chi connectivity index (χ0n) is 9.96. The highest BCUT2D eigenvalue weighted by Gasteiger charge is 2.04. The van der Waals surface area contributed by atoms with Crippen LogP contribution in [-0.2, 0) is 11.3 Å². The lowest BCUT2D eigenvalue weighted by Gasteiger charge is -2.06. The van der Waals surface area contributed by atoms with Crippen LogP contribution in [-0.4, -0.2) is 21.7 Å². The molecule has 1 N–H and O–H groups in total. The Balaban J connectivity index is 1.98. The Morgan fingerprint density at radius 3 is 3.00 bits per heavy atom. The predicted molar refractivity (Wildman–Crippen MR) is 67.4 cm³/mol. The zero-order valence-corrected chi connectivity index (χ0v) is 9.96. The van der Waals surface area contributed by atoms with Gasteiger partial charge in [-0.2, -0.15) is 0 Å².